The number of rotatable bonds is 4. The molecule has 0 saturated carbocycles. The maximum absolute atomic E-state index is 6.34. The third kappa shape index (κ3) is 3.40. The van der Waals surface area contributed by atoms with Gasteiger partial charge in [0.25, 0.3) is 0 Å². The van der Waals surface area contributed by atoms with Gasteiger partial charge >= 0.3 is 0 Å². The zero-order valence-electron chi connectivity index (χ0n) is 12.8. The second-order valence-corrected chi connectivity index (χ2v) is 5.51. The molecule has 0 atom stereocenters. The summed E-state index contributed by atoms with van der Waals surface area (Å²) < 4.78 is 0. The lowest BCUT2D eigenvalue weighted by atomic mass is 10.1. The SMILES string of the molecule is C=C1C=CC=CN1/C(Nc1c(C)cccc1Cl)=C(\C)CC. The van der Waals surface area contributed by atoms with Crippen LogP contribution in [0.1, 0.15) is 25.8 Å². The molecule has 0 amide bonds. The normalized spacial score (nSPS) is 15.2. The number of anilines is 1. The minimum atomic E-state index is 0.721. The predicted octanol–water partition coefficient (Wildman–Crippen LogP) is 5.60. The molecule has 0 aromatic heterocycles. The number of aryl methyl sites for hydroxylation is 1. The standard InChI is InChI=1S/C18H21ClN2/c1-5-13(2)18(21-12-7-6-10-15(21)4)20-17-14(3)9-8-11-16(17)19/h6-12,20H,4-5H2,1-3H3/b18-13+. The van der Waals surface area contributed by atoms with Crippen LogP contribution in [0, 0.1) is 6.92 Å². The molecular formula is C18H21ClN2. The molecule has 2 nitrogen and oxygen atoms in total. The molecule has 110 valence electrons. The monoisotopic (exact) mass is 300 g/mol. The molecule has 1 heterocycles. The zero-order valence-corrected chi connectivity index (χ0v) is 13.5. The number of allylic oxidation sites excluding steroid dienone is 4. The van der Waals surface area contributed by atoms with Crippen molar-refractivity contribution in [2.45, 2.75) is 27.2 Å². The highest BCUT2D eigenvalue weighted by Gasteiger charge is 2.15. The van der Waals surface area contributed by atoms with Gasteiger partial charge in [-0.2, -0.15) is 0 Å². The molecule has 1 aromatic carbocycles. The van der Waals surface area contributed by atoms with Crippen LogP contribution in [0.15, 0.2) is 66.3 Å². The summed E-state index contributed by atoms with van der Waals surface area (Å²) in [4.78, 5) is 2.06. The first-order chi connectivity index (χ1) is 10.0. The summed E-state index contributed by atoms with van der Waals surface area (Å²) >= 11 is 6.34. The summed E-state index contributed by atoms with van der Waals surface area (Å²) in [5.74, 6) is 1.01. The van der Waals surface area contributed by atoms with Gasteiger partial charge in [-0.1, -0.05) is 43.3 Å². The molecule has 2 rings (SSSR count). The van der Waals surface area contributed by atoms with Crippen LogP contribution in [-0.2, 0) is 0 Å². The highest BCUT2D eigenvalue weighted by atomic mass is 35.5. The fraction of sp³-hybridized carbons (Fsp3) is 0.222. The van der Waals surface area contributed by atoms with Gasteiger partial charge in [-0.15, -0.1) is 0 Å². The first-order valence-corrected chi connectivity index (χ1v) is 7.47. The van der Waals surface area contributed by atoms with Crippen LogP contribution < -0.4 is 5.32 Å². The van der Waals surface area contributed by atoms with Crippen LogP contribution >= 0.6 is 11.6 Å². The lowest BCUT2D eigenvalue weighted by Gasteiger charge is -2.29. The zero-order chi connectivity index (χ0) is 15.4. The Morgan fingerprint density at radius 2 is 2.10 bits per heavy atom. The molecule has 0 fully saturated rings. The van der Waals surface area contributed by atoms with Crippen molar-refractivity contribution in [1.29, 1.82) is 0 Å². The van der Waals surface area contributed by atoms with Crippen LogP contribution in [0.25, 0.3) is 0 Å². The number of nitrogens with zero attached hydrogens (tertiary/aromatic N) is 1. The van der Waals surface area contributed by atoms with E-state index in [1.807, 2.05) is 49.6 Å². The van der Waals surface area contributed by atoms with Crippen LogP contribution in [0.2, 0.25) is 5.02 Å². The first kappa shape index (κ1) is 15.5. The summed E-state index contributed by atoms with van der Waals surface area (Å²) in [5.41, 5.74) is 4.23. The smallest absolute Gasteiger partial charge is 0.113 e. The Hall–Kier alpha value is -1.93. The third-order valence-corrected chi connectivity index (χ3v) is 3.90. The minimum Gasteiger partial charge on any atom is -0.340 e. The van der Waals surface area contributed by atoms with E-state index in [4.69, 9.17) is 11.6 Å². The Morgan fingerprint density at radius 3 is 2.71 bits per heavy atom. The van der Waals surface area contributed by atoms with Gasteiger partial charge in [-0.25, -0.2) is 0 Å². The summed E-state index contributed by atoms with van der Waals surface area (Å²) in [6.07, 6.45) is 8.94. The number of benzene rings is 1. The van der Waals surface area contributed by atoms with Gasteiger partial charge in [0.1, 0.15) is 5.82 Å². The molecule has 0 spiro atoms. The molecule has 0 saturated heterocycles. The molecule has 1 aliphatic heterocycles. The summed E-state index contributed by atoms with van der Waals surface area (Å²) in [7, 11) is 0. The highest BCUT2D eigenvalue weighted by molar-refractivity contribution is 6.33. The molecule has 1 aromatic rings. The van der Waals surface area contributed by atoms with Crippen LogP contribution in [0.3, 0.4) is 0 Å². The molecular weight excluding hydrogens is 280 g/mol. The predicted molar refractivity (Wildman–Crippen MR) is 92.1 cm³/mol. The van der Waals surface area contributed by atoms with Crippen molar-refractivity contribution in [3.05, 3.63) is 76.9 Å². The second-order valence-electron chi connectivity index (χ2n) is 5.10. The minimum absolute atomic E-state index is 0.721. The molecule has 1 N–H and O–H groups in total. The number of halogens is 1. The van der Waals surface area contributed by atoms with Crippen LogP contribution in [0.4, 0.5) is 5.69 Å². The highest BCUT2D eigenvalue weighted by Crippen LogP contribution is 2.30. The van der Waals surface area contributed by atoms with Gasteiger partial charge in [-0.3, -0.25) is 0 Å². The number of hydrogen-bond donors (Lipinski definition) is 1. The second kappa shape index (κ2) is 6.68. The Bertz CT molecular complexity index is 618. The summed E-state index contributed by atoms with van der Waals surface area (Å²) in [6, 6.07) is 5.91. The van der Waals surface area contributed by atoms with Crippen molar-refractivity contribution in [2.24, 2.45) is 0 Å². The molecule has 0 aliphatic carbocycles. The van der Waals surface area contributed by atoms with Gasteiger partial charge in [0.15, 0.2) is 0 Å². The molecule has 0 bridgehead atoms. The van der Waals surface area contributed by atoms with Crippen molar-refractivity contribution in [1.82, 2.24) is 4.90 Å². The van der Waals surface area contributed by atoms with Gasteiger partial charge in [0, 0.05) is 11.9 Å². The van der Waals surface area contributed by atoms with E-state index < -0.39 is 0 Å². The Balaban J connectivity index is 2.42. The molecule has 3 heteroatoms. The number of nitrogens with one attached hydrogen (secondary N) is 1. The molecule has 0 radical (unpaired) electrons. The molecule has 21 heavy (non-hydrogen) atoms. The lowest BCUT2D eigenvalue weighted by molar-refractivity contribution is 0.584. The van der Waals surface area contributed by atoms with E-state index in [0.717, 1.165) is 34.2 Å². The van der Waals surface area contributed by atoms with Crippen LogP contribution in [-0.4, -0.2) is 4.90 Å². The van der Waals surface area contributed by atoms with E-state index in [9.17, 15) is 0 Å². The van der Waals surface area contributed by atoms with E-state index in [2.05, 4.69) is 30.6 Å². The van der Waals surface area contributed by atoms with Crippen molar-refractivity contribution in [2.75, 3.05) is 5.32 Å². The van der Waals surface area contributed by atoms with Gasteiger partial charge in [0.05, 0.1) is 10.7 Å². The van der Waals surface area contributed by atoms with Gasteiger partial charge in [0.2, 0.25) is 0 Å². The van der Waals surface area contributed by atoms with Crippen molar-refractivity contribution in [3.8, 4) is 0 Å². The van der Waals surface area contributed by atoms with E-state index in [-0.39, 0.29) is 0 Å². The van der Waals surface area contributed by atoms with E-state index in [1.54, 1.807) is 0 Å². The summed E-state index contributed by atoms with van der Waals surface area (Å²) in [6.45, 7) is 10.4. The molecule has 1 aliphatic rings. The van der Waals surface area contributed by atoms with E-state index in [0.29, 0.717) is 0 Å². The molecule has 0 unspecified atom stereocenters. The first-order valence-electron chi connectivity index (χ1n) is 7.09. The maximum atomic E-state index is 6.34. The van der Waals surface area contributed by atoms with Crippen molar-refractivity contribution < 1.29 is 0 Å². The Morgan fingerprint density at radius 1 is 1.33 bits per heavy atom. The third-order valence-electron chi connectivity index (χ3n) is 3.59. The van der Waals surface area contributed by atoms with Crippen molar-refractivity contribution >= 4 is 17.3 Å². The maximum Gasteiger partial charge on any atom is 0.113 e. The van der Waals surface area contributed by atoms with Crippen molar-refractivity contribution in [3.63, 3.8) is 0 Å². The summed E-state index contributed by atoms with van der Waals surface area (Å²) in [5, 5.41) is 4.21. The fourth-order valence-corrected chi connectivity index (χ4v) is 2.41. The van der Waals surface area contributed by atoms with Gasteiger partial charge in [-0.05, 0) is 49.6 Å². The lowest BCUT2D eigenvalue weighted by Crippen LogP contribution is -2.23. The fourth-order valence-electron chi connectivity index (χ4n) is 2.15. The van der Waals surface area contributed by atoms with E-state index >= 15 is 0 Å². The van der Waals surface area contributed by atoms with Crippen LogP contribution in [0.5, 0.6) is 0 Å². The largest absolute Gasteiger partial charge is 0.340 e. The average molecular weight is 301 g/mol. The van der Waals surface area contributed by atoms with Gasteiger partial charge < -0.3 is 10.2 Å². The topological polar surface area (TPSA) is 15.3 Å². The average Bonchev–Trinajstić information content (AvgIpc) is 2.47. The quantitative estimate of drug-likeness (QED) is 0.778. The Labute approximate surface area is 132 Å². The van der Waals surface area contributed by atoms with E-state index in [1.165, 1.54) is 5.57 Å². The Kier molecular flexibility index (Phi) is 4.92. The number of para-hydroxylation sites is 1. The number of hydrogen-bond acceptors (Lipinski definition) is 2.